The van der Waals surface area contributed by atoms with Crippen LogP contribution in [0.4, 0.5) is 0 Å². The van der Waals surface area contributed by atoms with E-state index in [1.54, 1.807) is 14.2 Å². The lowest BCUT2D eigenvalue weighted by Gasteiger charge is -2.40. The molecule has 2 bridgehead atoms. The first kappa shape index (κ1) is 16.9. The molecule has 6 heteroatoms. The molecule has 0 amide bonds. The van der Waals surface area contributed by atoms with Gasteiger partial charge in [0.15, 0.2) is 17.7 Å². The maximum Gasteiger partial charge on any atom is 0.194 e. The van der Waals surface area contributed by atoms with Crippen LogP contribution in [0.15, 0.2) is 34.4 Å². The van der Waals surface area contributed by atoms with Crippen molar-refractivity contribution in [1.29, 1.82) is 0 Å². The Bertz CT molecular complexity index is 633. The summed E-state index contributed by atoms with van der Waals surface area (Å²) < 4.78 is 17.2. The summed E-state index contributed by atoms with van der Waals surface area (Å²) in [6, 6.07) is 0. The third-order valence-electron chi connectivity index (χ3n) is 5.34. The Morgan fingerprint density at radius 3 is 2.70 bits per heavy atom. The van der Waals surface area contributed by atoms with E-state index in [0.717, 1.165) is 22.3 Å². The van der Waals surface area contributed by atoms with Crippen LogP contribution >= 0.6 is 11.6 Å². The van der Waals surface area contributed by atoms with Gasteiger partial charge in [-0.1, -0.05) is 18.2 Å². The minimum Gasteiger partial charge on any atom is -0.382 e. The lowest BCUT2D eigenvalue weighted by Crippen LogP contribution is -2.48. The van der Waals surface area contributed by atoms with E-state index in [-0.39, 0.29) is 12.2 Å². The fourth-order valence-corrected chi connectivity index (χ4v) is 4.32. The molecule has 0 saturated carbocycles. The quantitative estimate of drug-likeness (QED) is 0.628. The topological polar surface area (TPSA) is 65.0 Å². The van der Waals surface area contributed by atoms with Crippen LogP contribution in [0.3, 0.4) is 0 Å². The Balaban J connectivity index is 2.13. The highest BCUT2D eigenvalue weighted by molar-refractivity contribution is 6.26. The molecule has 2 aliphatic heterocycles. The number of aliphatic hydroxyl groups is 1. The van der Waals surface area contributed by atoms with E-state index in [2.05, 4.69) is 6.58 Å². The van der Waals surface area contributed by atoms with Gasteiger partial charge in [0.25, 0.3) is 0 Å². The molecule has 1 fully saturated rings. The number of methoxy groups -OCH3 is 2. The zero-order valence-corrected chi connectivity index (χ0v) is 14.3. The van der Waals surface area contributed by atoms with E-state index < -0.39 is 23.6 Å². The SMILES string of the molecule is C=C1/C(=C/Cl)[C@H]2O[C@]1(C(OC)OC)C1=C2C[C@@](O)(C(C)=O)CC1. The van der Waals surface area contributed by atoms with Crippen molar-refractivity contribution < 1.29 is 24.1 Å². The second-order valence-electron chi connectivity index (χ2n) is 6.35. The summed E-state index contributed by atoms with van der Waals surface area (Å²) in [4.78, 5) is 11.8. The average Bonchev–Trinajstić information content (AvgIpc) is 2.99. The molecule has 0 unspecified atom stereocenters. The molecule has 23 heavy (non-hydrogen) atoms. The minimum atomic E-state index is -1.34. The number of halogens is 1. The molecule has 126 valence electrons. The summed E-state index contributed by atoms with van der Waals surface area (Å²) in [5.74, 6) is -0.230. The van der Waals surface area contributed by atoms with Crippen LogP contribution in [0.25, 0.3) is 0 Å². The normalized spacial score (nSPS) is 37.9. The third-order valence-corrected chi connectivity index (χ3v) is 5.57. The average molecular weight is 341 g/mol. The van der Waals surface area contributed by atoms with Gasteiger partial charge in [0.1, 0.15) is 11.7 Å². The van der Waals surface area contributed by atoms with E-state index in [0.29, 0.717) is 12.8 Å². The molecule has 3 rings (SSSR count). The summed E-state index contributed by atoms with van der Waals surface area (Å²) in [7, 11) is 3.09. The number of ether oxygens (including phenoxy) is 3. The van der Waals surface area contributed by atoms with Crippen molar-refractivity contribution >= 4 is 17.4 Å². The lowest BCUT2D eigenvalue weighted by atomic mass is 9.67. The summed E-state index contributed by atoms with van der Waals surface area (Å²) in [6.45, 7) is 5.56. The van der Waals surface area contributed by atoms with Crippen LogP contribution in [0.5, 0.6) is 0 Å². The van der Waals surface area contributed by atoms with E-state index in [9.17, 15) is 9.90 Å². The van der Waals surface area contributed by atoms with E-state index in [1.165, 1.54) is 12.5 Å². The molecule has 1 saturated heterocycles. The second-order valence-corrected chi connectivity index (χ2v) is 6.57. The van der Waals surface area contributed by atoms with Crippen molar-refractivity contribution in [3.8, 4) is 0 Å². The number of ketones is 1. The van der Waals surface area contributed by atoms with Crippen LogP contribution in [-0.4, -0.2) is 48.7 Å². The fraction of sp³-hybridized carbons (Fsp3) is 0.588. The summed E-state index contributed by atoms with van der Waals surface area (Å²) >= 11 is 5.98. The molecule has 3 aliphatic rings. The Morgan fingerprint density at radius 1 is 1.52 bits per heavy atom. The number of fused-ring (bicyclic) bond motifs is 4. The summed E-state index contributed by atoms with van der Waals surface area (Å²) in [6.07, 6.45) is 0.0502. The zero-order chi connectivity index (χ0) is 17.0. The molecule has 0 aromatic carbocycles. The van der Waals surface area contributed by atoms with Gasteiger partial charge in [0, 0.05) is 31.7 Å². The first-order valence-corrected chi connectivity index (χ1v) is 7.98. The first-order valence-electron chi connectivity index (χ1n) is 7.55. The van der Waals surface area contributed by atoms with Crippen molar-refractivity contribution in [2.24, 2.45) is 0 Å². The molecule has 0 aromatic rings. The van der Waals surface area contributed by atoms with Gasteiger partial charge in [-0.25, -0.2) is 0 Å². The Morgan fingerprint density at radius 2 is 2.17 bits per heavy atom. The van der Waals surface area contributed by atoms with Gasteiger partial charge in [0.05, 0.1) is 0 Å². The second kappa shape index (κ2) is 5.53. The van der Waals surface area contributed by atoms with Gasteiger partial charge in [-0.2, -0.15) is 0 Å². The van der Waals surface area contributed by atoms with Gasteiger partial charge in [-0.05, 0) is 36.5 Å². The van der Waals surface area contributed by atoms with Crippen LogP contribution in [0, 0.1) is 0 Å². The number of carbonyl (C=O) groups excluding carboxylic acids is 1. The number of carbonyl (C=O) groups is 1. The standard InChI is InChI=1S/C17H21ClO5/c1-9-12(8-18)14-11-7-16(20,10(2)19)6-5-13(11)17(9,23-14)15(21-3)22-4/h8,14-15,20H,1,5-7H2,2-4H3/b12-8-/t14-,16+,17-/m0/s1. The highest BCUT2D eigenvalue weighted by atomic mass is 35.5. The van der Waals surface area contributed by atoms with E-state index >= 15 is 0 Å². The number of rotatable bonds is 4. The zero-order valence-electron chi connectivity index (χ0n) is 13.5. The van der Waals surface area contributed by atoms with Crippen molar-refractivity contribution in [3.63, 3.8) is 0 Å². The van der Waals surface area contributed by atoms with Crippen LogP contribution in [-0.2, 0) is 19.0 Å². The van der Waals surface area contributed by atoms with Gasteiger partial charge >= 0.3 is 0 Å². The molecule has 3 atom stereocenters. The van der Waals surface area contributed by atoms with Crippen LogP contribution in [0.2, 0.25) is 0 Å². The van der Waals surface area contributed by atoms with Crippen LogP contribution in [0.1, 0.15) is 26.2 Å². The number of Topliss-reactive ketones (excluding diaryl/α,β-unsaturated/α-hetero) is 1. The molecular formula is C17H21ClO5. The van der Waals surface area contributed by atoms with Crippen molar-refractivity contribution in [1.82, 2.24) is 0 Å². The van der Waals surface area contributed by atoms with Crippen molar-refractivity contribution in [3.05, 3.63) is 34.4 Å². The third kappa shape index (κ3) is 2.04. The monoisotopic (exact) mass is 340 g/mol. The molecule has 2 heterocycles. The lowest BCUT2D eigenvalue weighted by molar-refractivity contribution is -0.193. The van der Waals surface area contributed by atoms with E-state index in [1.807, 2.05) is 0 Å². The molecule has 1 aliphatic carbocycles. The highest BCUT2D eigenvalue weighted by Gasteiger charge is 2.63. The Labute approximate surface area is 140 Å². The summed E-state index contributed by atoms with van der Waals surface area (Å²) in [5, 5.41) is 10.6. The first-order chi connectivity index (χ1) is 10.9. The van der Waals surface area contributed by atoms with Gasteiger partial charge in [0.2, 0.25) is 0 Å². The minimum absolute atomic E-state index is 0.230. The van der Waals surface area contributed by atoms with Gasteiger partial charge < -0.3 is 19.3 Å². The van der Waals surface area contributed by atoms with Crippen molar-refractivity contribution in [2.45, 2.75) is 49.8 Å². The molecule has 0 spiro atoms. The number of hydrogen-bond donors (Lipinski definition) is 1. The molecule has 1 N–H and O–H groups in total. The van der Waals surface area contributed by atoms with Gasteiger partial charge in [-0.3, -0.25) is 4.79 Å². The molecule has 0 aromatic heterocycles. The van der Waals surface area contributed by atoms with Crippen molar-refractivity contribution in [2.75, 3.05) is 14.2 Å². The highest BCUT2D eigenvalue weighted by Crippen LogP contribution is 2.60. The molecule has 5 nitrogen and oxygen atoms in total. The largest absolute Gasteiger partial charge is 0.382 e. The maximum absolute atomic E-state index is 11.8. The van der Waals surface area contributed by atoms with Gasteiger partial charge in [-0.15, -0.1) is 0 Å². The van der Waals surface area contributed by atoms with E-state index in [4.69, 9.17) is 25.8 Å². The number of hydrogen-bond acceptors (Lipinski definition) is 5. The molecule has 0 radical (unpaired) electrons. The molecular weight excluding hydrogens is 320 g/mol. The predicted molar refractivity (Wildman–Crippen MR) is 85.0 cm³/mol. The summed E-state index contributed by atoms with van der Waals surface area (Å²) in [5.41, 5.74) is 2.53. The Kier molecular flexibility index (Phi) is 4.06. The Hall–Kier alpha value is -0.980. The maximum atomic E-state index is 11.8. The smallest absolute Gasteiger partial charge is 0.194 e. The van der Waals surface area contributed by atoms with Crippen LogP contribution < -0.4 is 0 Å². The predicted octanol–water partition coefficient (Wildman–Crippen LogP) is 2.24. The fourth-order valence-electron chi connectivity index (χ4n) is 4.07.